The maximum Gasteiger partial charge on any atom is 0.141 e. The van der Waals surface area contributed by atoms with E-state index in [0.29, 0.717) is 34.6 Å². The maximum absolute atomic E-state index is 6.34. The van der Waals surface area contributed by atoms with Crippen LogP contribution in [0.25, 0.3) is 16.9 Å². The van der Waals surface area contributed by atoms with Crippen LogP contribution in [0, 0.1) is 0 Å². The minimum atomic E-state index is 0.520. The molecule has 0 saturated carbocycles. The molecule has 4 heterocycles. The van der Waals surface area contributed by atoms with Crippen LogP contribution in [0.2, 0.25) is 5.02 Å². The zero-order valence-electron chi connectivity index (χ0n) is 16.6. The largest absolute Gasteiger partial charge is 0.496 e. The number of aromatic nitrogens is 2. The summed E-state index contributed by atoms with van der Waals surface area (Å²) in [5.41, 5.74) is 3.64. The number of piperidine rings is 1. The average Bonchev–Trinajstić information content (AvgIpc) is 3.30. The van der Waals surface area contributed by atoms with Crippen LogP contribution in [0.5, 0.6) is 11.5 Å². The number of ether oxygens (including phenoxy) is 2. The fraction of sp³-hybridized carbons (Fsp3) is 0.409. The second-order valence-corrected chi connectivity index (χ2v) is 8.35. The molecule has 1 aromatic carbocycles. The lowest BCUT2D eigenvalue weighted by atomic mass is 9.99. The first-order valence-corrected chi connectivity index (χ1v) is 10.4. The van der Waals surface area contributed by atoms with Crippen molar-refractivity contribution >= 4 is 22.9 Å². The molecule has 2 saturated heterocycles. The molecule has 3 aromatic rings. The Bertz CT molecular complexity index is 1040. The fourth-order valence-corrected chi connectivity index (χ4v) is 4.91. The summed E-state index contributed by atoms with van der Waals surface area (Å²) in [5.74, 6) is 1.26. The zero-order valence-corrected chi connectivity index (χ0v) is 17.4. The Hall–Kier alpha value is -2.44. The first-order chi connectivity index (χ1) is 14.1. The number of fused-ring (bicyclic) bond motifs is 3. The second kappa shape index (κ2) is 7.43. The van der Waals surface area contributed by atoms with E-state index in [9.17, 15) is 0 Å². The van der Waals surface area contributed by atoms with Crippen molar-refractivity contribution in [3.8, 4) is 22.8 Å². The van der Waals surface area contributed by atoms with Crippen molar-refractivity contribution in [3.63, 3.8) is 0 Å². The van der Waals surface area contributed by atoms with Gasteiger partial charge in [0, 0.05) is 53.9 Å². The molecule has 2 N–H and O–H groups in total. The monoisotopic (exact) mass is 412 g/mol. The van der Waals surface area contributed by atoms with Gasteiger partial charge >= 0.3 is 0 Å². The number of benzene rings is 1. The van der Waals surface area contributed by atoms with E-state index in [1.807, 2.05) is 22.9 Å². The zero-order chi connectivity index (χ0) is 20.0. The van der Waals surface area contributed by atoms with E-state index in [-0.39, 0.29) is 0 Å². The van der Waals surface area contributed by atoms with E-state index in [0.717, 1.165) is 22.6 Å². The van der Waals surface area contributed by atoms with Gasteiger partial charge in [-0.1, -0.05) is 11.6 Å². The van der Waals surface area contributed by atoms with Gasteiger partial charge in [0.1, 0.15) is 17.1 Å². The standard InChI is InChI=1S/C22H25ClN4O2/c1-28-20-11-21(29-2)18(23)10-17(20)19-12-27-6-5-15(9-22(27)26-19)25-16-7-13-3-4-14(8-16)24-13/h5-6,9-14,16,24-25H,3-4,7-8H2,1-2H3/t13-,14+,16-. The quantitative estimate of drug-likeness (QED) is 0.651. The molecule has 6 nitrogen and oxygen atoms in total. The Kier molecular flexibility index (Phi) is 4.76. The third-order valence-electron chi connectivity index (χ3n) is 6.05. The predicted octanol–water partition coefficient (Wildman–Crippen LogP) is 4.37. The van der Waals surface area contributed by atoms with Gasteiger partial charge in [-0.2, -0.15) is 0 Å². The van der Waals surface area contributed by atoms with Crippen LogP contribution < -0.4 is 20.1 Å². The number of hydrogen-bond donors (Lipinski definition) is 2. The van der Waals surface area contributed by atoms with Gasteiger partial charge in [0.2, 0.25) is 0 Å². The van der Waals surface area contributed by atoms with E-state index < -0.39 is 0 Å². The van der Waals surface area contributed by atoms with E-state index >= 15 is 0 Å². The molecule has 2 fully saturated rings. The SMILES string of the molecule is COc1cc(OC)c(-c2cn3ccc(N[C@@H]4C[C@H]5CC[C@@H](C4)N5)cc3n2)cc1Cl. The van der Waals surface area contributed by atoms with Crippen molar-refractivity contribution in [1.82, 2.24) is 14.7 Å². The summed E-state index contributed by atoms with van der Waals surface area (Å²) >= 11 is 6.34. The fourth-order valence-electron chi connectivity index (χ4n) is 4.67. The normalized spacial score (nSPS) is 23.3. The molecule has 0 amide bonds. The first kappa shape index (κ1) is 18.6. The van der Waals surface area contributed by atoms with Gasteiger partial charge < -0.3 is 24.5 Å². The Morgan fingerprint density at radius 1 is 1.10 bits per heavy atom. The summed E-state index contributed by atoms with van der Waals surface area (Å²) in [6.07, 6.45) is 9.01. The van der Waals surface area contributed by atoms with Gasteiger partial charge in [-0.05, 0) is 37.8 Å². The van der Waals surface area contributed by atoms with Crippen molar-refractivity contribution in [1.29, 1.82) is 0 Å². The van der Waals surface area contributed by atoms with Crippen molar-refractivity contribution in [2.45, 2.75) is 43.8 Å². The molecule has 7 heteroatoms. The Balaban J connectivity index is 1.43. The highest BCUT2D eigenvalue weighted by atomic mass is 35.5. The molecule has 0 aliphatic carbocycles. The van der Waals surface area contributed by atoms with Gasteiger partial charge in [-0.3, -0.25) is 0 Å². The highest BCUT2D eigenvalue weighted by molar-refractivity contribution is 6.32. The second-order valence-electron chi connectivity index (χ2n) is 7.94. The van der Waals surface area contributed by atoms with Gasteiger partial charge in [-0.15, -0.1) is 0 Å². The van der Waals surface area contributed by atoms with Gasteiger partial charge in [0.15, 0.2) is 0 Å². The molecule has 2 bridgehead atoms. The molecule has 0 spiro atoms. The average molecular weight is 413 g/mol. The summed E-state index contributed by atoms with van der Waals surface area (Å²) in [4.78, 5) is 4.82. The van der Waals surface area contributed by atoms with Crippen molar-refractivity contribution in [2.24, 2.45) is 0 Å². The van der Waals surface area contributed by atoms with E-state index in [1.54, 1.807) is 20.3 Å². The molecule has 5 rings (SSSR count). The van der Waals surface area contributed by atoms with Gasteiger partial charge in [0.05, 0.1) is 24.9 Å². The van der Waals surface area contributed by atoms with Crippen LogP contribution in [0.4, 0.5) is 5.69 Å². The van der Waals surface area contributed by atoms with Gasteiger partial charge in [0.25, 0.3) is 0 Å². The summed E-state index contributed by atoms with van der Waals surface area (Å²) < 4.78 is 12.8. The van der Waals surface area contributed by atoms with E-state index in [1.165, 1.54) is 25.7 Å². The molecule has 2 aromatic heterocycles. The number of halogens is 1. The predicted molar refractivity (Wildman–Crippen MR) is 115 cm³/mol. The number of nitrogens with zero attached hydrogens (tertiary/aromatic N) is 2. The summed E-state index contributed by atoms with van der Waals surface area (Å²) in [7, 11) is 3.23. The van der Waals surface area contributed by atoms with Crippen LogP contribution >= 0.6 is 11.6 Å². The highest BCUT2D eigenvalue weighted by Crippen LogP contribution is 2.38. The van der Waals surface area contributed by atoms with Crippen LogP contribution in [0.15, 0.2) is 36.7 Å². The summed E-state index contributed by atoms with van der Waals surface area (Å²) in [6.45, 7) is 0. The molecule has 3 atom stereocenters. The number of rotatable bonds is 5. The minimum Gasteiger partial charge on any atom is -0.496 e. The Morgan fingerprint density at radius 3 is 2.59 bits per heavy atom. The van der Waals surface area contributed by atoms with Crippen molar-refractivity contribution in [2.75, 3.05) is 19.5 Å². The third kappa shape index (κ3) is 3.51. The molecule has 2 aliphatic heterocycles. The number of anilines is 1. The van der Waals surface area contributed by atoms with E-state index in [4.69, 9.17) is 26.1 Å². The highest BCUT2D eigenvalue weighted by Gasteiger charge is 2.33. The lowest BCUT2D eigenvalue weighted by molar-refractivity contribution is 0.378. The van der Waals surface area contributed by atoms with Crippen LogP contribution in [0.3, 0.4) is 0 Å². The summed E-state index contributed by atoms with van der Waals surface area (Å²) in [6, 6.07) is 9.70. The van der Waals surface area contributed by atoms with Gasteiger partial charge in [-0.25, -0.2) is 4.98 Å². The first-order valence-electron chi connectivity index (χ1n) is 10.1. The van der Waals surface area contributed by atoms with Crippen molar-refractivity contribution in [3.05, 3.63) is 41.7 Å². The number of nitrogens with one attached hydrogen (secondary N) is 2. The number of methoxy groups -OCH3 is 2. The van der Waals surface area contributed by atoms with Crippen molar-refractivity contribution < 1.29 is 9.47 Å². The third-order valence-corrected chi connectivity index (χ3v) is 6.35. The number of hydrogen-bond acceptors (Lipinski definition) is 5. The maximum atomic E-state index is 6.34. The molecule has 29 heavy (non-hydrogen) atoms. The number of imidazole rings is 1. The Labute approximate surface area is 175 Å². The number of pyridine rings is 1. The lowest BCUT2D eigenvalue weighted by Crippen LogP contribution is -2.43. The molecular formula is C22H25ClN4O2. The minimum absolute atomic E-state index is 0.520. The topological polar surface area (TPSA) is 59.8 Å². The van der Waals surface area contributed by atoms with Crippen LogP contribution in [-0.4, -0.2) is 41.7 Å². The molecule has 0 radical (unpaired) electrons. The summed E-state index contributed by atoms with van der Waals surface area (Å²) in [5, 5.41) is 7.94. The molecule has 152 valence electrons. The Morgan fingerprint density at radius 2 is 1.86 bits per heavy atom. The molecular weight excluding hydrogens is 388 g/mol. The lowest BCUT2D eigenvalue weighted by Gasteiger charge is -2.30. The van der Waals surface area contributed by atoms with E-state index in [2.05, 4.69) is 22.8 Å². The molecule has 2 aliphatic rings. The van der Waals surface area contributed by atoms with Crippen LogP contribution in [-0.2, 0) is 0 Å². The smallest absolute Gasteiger partial charge is 0.141 e. The molecule has 0 unspecified atom stereocenters. The van der Waals surface area contributed by atoms with Crippen LogP contribution in [0.1, 0.15) is 25.7 Å².